The topological polar surface area (TPSA) is 36.3 Å². The Morgan fingerprint density at radius 2 is 2.18 bits per heavy atom. The zero-order valence-corrected chi connectivity index (χ0v) is 6.36. The molecule has 0 unspecified atom stereocenters. The summed E-state index contributed by atoms with van der Waals surface area (Å²) in [6.45, 7) is 3.17. The smallest absolute Gasteiger partial charge is 0.253 e. The first kappa shape index (κ1) is 6.82. The number of aromatic nitrogens is 2. The van der Waals surface area contributed by atoms with Gasteiger partial charge < -0.3 is 9.47 Å². The van der Waals surface area contributed by atoms with Crippen LogP contribution in [-0.4, -0.2) is 22.8 Å². The number of hydrogen-bond acceptors (Lipinski definition) is 3. The van der Waals surface area contributed by atoms with Crippen LogP contribution in [0.2, 0.25) is 0 Å². The van der Waals surface area contributed by atoms with Crippen molar-refractivity contribution in [1.29, 1.82) is 0 Å². The highest BCUT2D eigenvalue weighted by atomic mass is 16.8. The summed E-state index contributed by atoms with van der Waals surface area (Å²) in [7, 11) is 0. The molecule has 0 atom stereocenters. The lowest BCUT2D eigenvalue weighted by Gasteiger charge is -2.22. The van der Waals surface area contributed by atoms with E-state index in [4.69, 9.17) is 9.47 Å². The number of hydrogen-bond donors (Lipinski definition) is 0. The maximum absolute atomic E-state index is 5.39. The predicted molar refractivity (Wildman–Crippen MR) is 37.8 cm³/mol. The Morgan fingerprint density at radius 1 is 1.45 bits per heavy atom. The molecular weight excluding hydrogens is 144 g/mol. The monoisotopic (exact) mass is 154 g/mol. The van der Waals surface area contributed by atoms with E-state index in [0.29, 0.717) is 13.2 Å². The Bertz CT molecular complexity index is 227. The molecule has 0 radical (unpaired) electrons. The zero-order valence-electron chi connectivity index (χ0n) is 6.36. The molecule has 0 aliphatic carbocycles. The van der Waals surface area contributed by atoms with Crippen molar-refractivity contribution in [3.05, 3.63) is 18.7 Å². The zero-order chi connectivity index (χ0) is 7.73. The van der Waals surface area contributed by atoms with Crippen LogP contribution < -0.4 is 0 Å². The second-order valence-electron chi connectivity index (χ2n) is 2.56. The number of ether oxygens (including phenoxy) is 2. The lowest BCUT2D eigenvalue weighted by Crippen LogP contribution is -2.29. The summed E-state index contributed by atoms with van der Waals surface area (Å²) >= 11 is 0. The third-order valence-electron chi connectivity index (χ3n) is 1.80. The molecule has 1 saturated heterocycles. The normalized spacial score (nSPS) is 22.3. The summed E-state index contributed by atoms with van der Waals surface area (Å²) in [5.41, 5.74) is 0. The SMILES string of the molecule is CC1(n2ccnc2)OCCO1. The van der Waals surface area contributed by atoms with E-state index in [0.717, 1.165) is 0 Å². The van der Waals surface area contributed by atoms with Gasteiger partial charge in [-0.25, -0.2) is 4.98 Å². The highest BCUT2D eigenvalue weighted by Crippen LogP contribution is 2.23. The minimum Gasteiger partial charge on any atom is -0.330 e. The molecule has 0 spiro atoms. The van der Waals surface area contributed by atoms with Crippen LogP contribution >= 0.6 is 0 Å². The highest BCUT2D eigenvalue weighted by Gasteiger charge is 2.32. The maximum atomic E-state index is 5.39. The van der Waals surface area contributed by atoms with E-state index < -0.39 is 5.91 Å². The summed E-state index contributed by atoms with van der Waals surface area (Å²) < 4.78 is 12.6. The van der Waals surface area contributed by atoms with Crippen LogP contribution in [0.3, 0.4) is 0 Å². The lowest BCUT2D eigenvalue weighted by atomic mass is 10.5. The van der Waals surface area contributed by atoms with Gasteiger partial charge in [0.25, 0.3) is 5.91 Å². The van der Waals surface area contributed by atoms with E-state index in [1.54, 1.807) is 17.1 Å². The van der Waals surface area contributed by atoms with E-state index >= 15 is 0 Å². The Morgan fingerprint density at radius 3 is 2.73 bits per heavy atom. The minimum atomic E-state index is -0.628. The minimum absolute atomic E-state index is 0.628. The number of nitrogens with zero attached hydrogens (tertiary/aromatic N) is 2. The predicted octanol–water partition coefficient (Wildman–Crippen LogP) is 0.560. The first-order valence-electron chi connectivity index (χ1n) is 3.58. The van der Waals surface area contributed by atoms with E-state index in [1.807, 2.05) is 13.1 Å². The van der Waals surface area contributed by atoms with Gasteiger partial charge in [0, 0.05) is 19.3 Å². The second kappa shape index (κ2) is 2.32. The average Bonchev–Trinajstić information content (AvgIpc) is 2.55. The molecule has 1 aromatic heterocycles. The van der Waals surface area contributed by atoms with E-state index in [9.17, 15) is 0 Å². The second-order valence-corrected chi connectivity index (χ2v) is 2.56. The molecule has 4 nitrogen and oxygen atoms in total. The molecule has 1 aliphatic heterocycles. The third kappa shape index (κ3) is 1.04. The van der Waals surface area contributed by atoms with Crippen molar-refractivity contribution in [2.75, 3.05) is 13.2 Å². The van der Waals surface area contributed by atoms with Gasteiger partial charge in [0.15, 0.2) is 0 Å². The van der Waals surface area contributed by atoms with Crippen molar-refractivity contribution in [2.45, 2.75) is 12.8 Å². The van der Waals surface area contributed by atoms with Crippen molar-refractivity contribution < 1.29 is 9.47 Å². The fourth-order valence-electron chi connectivity index (χ4n) is 1.15. The average molecular weight is 154 g/mol. The van der Waals surface area contributed by atoms with E-state index in [1.165, 1.54) is 0 Å². The van der Waals surface area contributed by atoms with Gasteiger partial charge in [-0.3, -0.25) is 4.57 Å². The van der Waals surface area contributed by atoms with Crippen molar-refractivity contribution in [1.82, 2.24) is 9.55 Å². The van der Waals surface area contributed by atoms with Crippen molar-refractivity contribution >= 4 is 0 Å². The van der Waals surface area contributed by atoms with Gasteiger partial charge in [0.1, 0.15) is 0 Å². The summed E-state index contributed by atoms with van der Waals surface area (Å²) in [5, 5.41) is 0. The summed E-state index contributed by atoms with van der Waals surface area (Å²) in [4.78, 5) is 3.91. The fourth-order valence-corrected chi connectivity index (χ4v) is 1.15. The van der Waals surface area contributed by atoms with Gasteiger partial charge in [-0.05, 0) is 0 Å². The lowest BCUT2D eigenvalue weighted by molar-refractivity contribution is -0.208. The molecule has 0 aromatic carbocycles. The molecule has 1 fully saturated rings. The molecule has 1 aromatic rings. The van der Waals surface area contributed by atoms with Gasteiger partial charge >= 0.3 is 0 Å². The summed E-state index contributed by atoms with van der Waals surface area (Å²) in [6.07, 6.45) is 5.22. The van der Waals surface area contributed by atoms with Crippen molar-refractivity contribution in [3.63, 3.8) is 0 Å². The molecule has 0 saturated carbocycles. The molecule has 0 amide bonds. The van der Waals surface area contributed by atoms with Crippen LogP contribution in [0.1, 0.15) is 6.92 Å². The molecule has 0 N–H and O–H groups in total. The fraction of sp³-hybridized carbons (Fsp3) is 0.571. The van der Waals surface area contributed by atoms with E-state index in [-0.39, 0.29) is 0 Å². The molecule has 2 heterocycles. The maximum Gasteiger partial charge on any atom is 0.253 e. The van der Waals surface area contributed by atoms with Crippen molar-refractivity contribution in [2.24, 2.45) is 0 Å². The first-order chi connectivity index (χ1) is 5.31. The Kier molecular flexibility index (Phi) is 1.44. The van der Waals surface area contributed by atoms with Crippen LogP contribution in [0.4, 0.5) is 0 Å². The van der Waals surface area contributed by atoms with Crippen molar-refractivity contribution in [3.8, 4) is 0 Å². The Labute approximate surface area is 64.8 Å². The van der Waals surface area contributed by atoms with Crippen LogP contribution in [0.15, 0.2) is 18.7 Å². The molecular formula is C7H10N2O2. The molecule has 2 rings (SSSR count). The molecule has 1 aliphatic rings. The first-order valence-corrected chi connectivity index (χ1v) is 3.58. The standard InChI is InChI=1S/C7H10N2O2/c1-7(10-4-5-11-7)9-3-2-8-6-9/h2-3,6H,4-5H2,1H3. The van der Waals surface area contributed by atoms with Gasteiger partial charge in [-0.15, -0.1) is 0 Å². The van der Waals surface area contributed by atoms with Crippen LogP contribution in [0.5, 0.6) is 0 Å². The largest absolute Gasteiger partial charge is 0.330 e. The number of rotatable bonds is 1. The molecule has 11 heavy (non-hydrogen) atoms. The Hall–Kier alpha value is -0.870. The van der Waals surface area contributed by atoms with Gasteiger partial charge in [0.2, 0.25) is 0 Å². The van der Waals surface area contributed by atoms with Gasteiger partial charge in [-0.1, -0.05) is 0 Å². The summed E-state index contributed by atoms with van der Waals surface area (Å²) in [6, 6.07) is 0. The molecule has 0 bridgehead atoms. The van der Waals surface area contributed by atoms with Gasteiger partial charge in [0.05, 0.1) is 19.5 Å². The molecule has 4 heteroatoms. The van der Waals surface area contributed by atoms with Gasteiger partial charge in [-0.2, -0.15) is 0 Å². The molecule has 60 valence electrons. The summed E-state index contributed by atoms with van der Waals surface area (Å²) in [5.74, 6) is -0.628. The van der Waals surface area contributed by atoms with Crippen LogP contribution in [-0.2, 0) is 15.4 Å². The number of imidazole rings is 1. The van der Waals surface area contributed by atoms with Crippen LogP contribution in [0.25, 0.3) is 0 Å². The Balaban J connectivity index is 2.27. The van der Waals surface area contributed by atoms with E-state index in [2.05, 4.69) is 4.98 Å². The van der Waals surface area contributed by atoms with Crippen LogP contribution in [0, 0.1) is 0 Å². The quantitative estimate of drug-likeness (QED) is 0.593. The third-order valence-corrected chi connectivity index (χ3v) is 1.80. The highest BCUT2D eigenvalue weighted by molar-refractivity contribution is 4.80.